The predicted molar refractivity (Wildman–Crippen MR) is 111 cm³/mol. The topological polar surface area (TPSA) is 56.8 Å². The fourth-order valence-electron chi connectivity index (χ4n) is 4.14. The second-order valence-electron chi connectivity index (χ2n) is 8.12. The minimum Gasteiger partial charge on any atom is -0.340 e. The van der Waals surface area contributed by atoms with Crippen LogP contribution in [0.25, 0.3) is 0 Å². The molecule has 2 saturated heterocycles. The minimum absolute atomic E-state index is 0.0825. The largest absolute Gasteiger partial charge is 0.340 e. The quantitative estimate of drug-likeness (QED) is 0.782. The Morgan fingerprint density at radius 2 is 1.79 bits per heavy atom. The molecule has 1 aromatic heterocycles. The van der Waals surface area contributed by atoms with Crippen molar-refractivity contribution in [2.45, 2.75) is 26.4 Å². The average molecular weight is 393 g/mol. The van der Waals surface area contributed by atoms with Crippen LogP contribution in [0.2, 0.25) is 0 Å². The molecule has 2 aliphatic heterocycles. The molecular formula is C23H28N4O2. The number of likely N-dealkylation sites (tertiary alicyclic amines) is 1. The summed E-state index contributed by atoms with van der Waals surface area (Å²) in [4.78, 5) is 35.7. The number of benzene rings is 1. The van der Waals surface area contributed by atoms with E-state index in [1.54, 1.807) is 6.20 Å². The molecule has 0 N–H and O–H groups in total. The molecule has 152 valence electrons. The van der Waals surface area contributed by atoms with Gasteiger partial charge >= 0.3 is 0 Å². The van der Waals surface area contributed by atoms with Gasteiger partial charge in [0, 0.05) is 64.6 Å². The lowest BCUT2D eigenvalue weighted by Gasteiger charge is -2.35. The van der Waals surface area contributed by atoms with Crippen molar-refractivity contribution in [3.63, 3.8) is 0 Å². The van der Waals surface area contributed by atoms with E-state index in [0.717, 1.165) is 38.3 Å². The van der Waals surface area contributed by atoms with E-state index in [1.807, 2.05) is 22.1 Å². The van der Waals surface area contributed by atoms with Crippen molar-refractivity contribution in [2.75, 3.05) is 32.7 Å². The molecule has 0 bridgehead atoms. The number of rotatable bonds is 5. The van der Waals surface area contributed by atoms with Crippen molar-refractivity contribution < 1.29 is 9.59 Å². The maximum Gasteiger partial charge on any atom is 0.228 e. The Labute approximate surface area is 172 Å². The van der Waals surface area contributed by atoms with Crippen molar-refractivity contribution in [2.24, 2.45) is 5.92 Å². The summed E-state index contributed by atoms with van der Waals surface area (Å²) in [5.41, 5.74) is 3.51. The lowest BCUT2D eigenvalue weighted by molar-refractivity contribution is -0.137. The van der Waals surface area contributed by atoms with Crippen LogP contribution < -0.4 is 0 Å². The maximum absolute atomic E-state index is 13.0. The molecular weight excluding hydrogens is 364 g/mol. The Hall–Kier alpha value is -2.73. The molecule has 2 amide bonds. The summed E-state index contributed by atoms with van der Waals surface area (Å²) in [6.45, 7) is 7.19. The highest BCUT2D eigenvalue weighted by Crippen LogP contribution is 2.23. The minimum atomic E-state index is -0.210. The van der Waals surface area contributed by atoms with E-state index in [-0.39, 0.29) is 17.7 Å². The molecule has 2 fully saturated rings. The summed E-state index contributed by atoms with van der Waals surface area (Å²) in [5, 5.41) is 0. The number of hydrogen-bond acceptors (Lipinski definition) is 4. The lowest BCUT2D eigenvalue weighted by atomic mass is 10.1. The van der Waals surface area contributed by atoms with Gasteiger partial charge < -0.3 is 9.80 Å². The molecule has 0 radical (unpaired) electrons. The molecule has 6 heteroatoms. The highest BCUT2D eigenvalue weighted by Gasteiger charge is 2.37. The average Bonchev–Trinajstić information content (AvgIpc) is 3.11. The molecule has 29 heavy (non-hydrogen) atoms. The monoisotopic (exact) mass is 392 g/mol. The normalized spacial score (nSPS) is 20.3. The van der Waals surface area contributed by atoms with Gasteiger partial charge in [-0.3, -0.25) is 19.5 Å². The number of aromatic nitrogens is 1. The second kappa shape index (κ2) is 8.74. The zero-order valence-corrected chi connectivity index (χ0v) is 17.0. The van der Waals surface area contributed by atoms with Gasteiger partial charge in [-0.15, -0.1) is 0 Å². The summed E-state index contributed by atoms with van der Waals surface area (Å²) in [6, 6.07) is 12.3. The third-order valence-corrected chi connectivity index (χ3v) is 5.87. The molecule has 0 spiro atoms. The van der Waals surface area contributed by atoms with Gasteiger partial charge in [0.05, 0.1) is 5.92 Å². The zero-order valence-electron chi connectivity index (χ0n) is 17.0. The van der Waals surface area contributed by atoms with Crippen LogP contribution in [-0.4, -0.2) is 64.2 Å². The summed E-state index contributed by atoms with van der Waals surface area (Å²) >= 11 is 0. The van der Waals surface area contributed by atoms with Crippen LogP contribution in [0.1, 0.15) is 23.1 Å². The van der Waals surface area contributed by atoms with Crippen molar-refractivity contribution >= 4 is 11.8 Å². The maximum atomic E-state index is 13.0. The van der Waals surface area contributed by atoms with Crippen LogP contribution in [0, 0.1) is 12.8 Å². The van der Waals surface area contributed by atoms with E-state index < -0.39 is 0 Å². The molecule has 2 aromatic rings. The van der Waals surface area contributed by atoms with E-state index in [2.05, 4.69) is 47.1 Å². The molecule has 1 atom stereocenters. The Morgan fingerprint density at radius 3 is 2.48 bits per heavy atom. The predicted octanol–water partition coefficient (Wildman–Crippen LogP) is 2.08. The number of aryl methyl sites for hydroxylation is 1. The highest BCUT2D eigenvalue weighted by molar-refractivity contribution is 5.89. The van der Waals surface area contributed by atoms with Crippen LogP contribution >= 0.6 is 0 Å². The summed E-state index contributed by atoms with van der Waals surface area (Å²) in [7, 11) is 0. The van der Waals surface area contributed by atoms with E-state index in [0.29, 0.717) is 19.5 Å². The Kier molecular flexibility index (Phi) is 5.90. The Bertz CT molecular complexity index is 845. The number of carbonyl (C=O) groups is 2. The van der Waals surface area contributed by atoms with Gasteiger partial charge in [-0.1, -0.05) is 35.9 Å². The molecule has 2 aliphatic rings. The summed E-state index contributed by atoms with van der Waals surface area (Å²) in [6.07, 6.45) is 4.01. The van der Waals surface area contributed by atoms with Gasteiger partial charge in [-0.2, -0.15) is 0 Å². The molecule has 0 saturated carbocycles. The molecule has 4 rings (SSSR count). The van der Waals surface area contributed by atoms with E-state index >= 15 is 0 Å². The number of pyridine rings is 1. The summed E-state index contributed by atoms with van der Waals surface area (Å²) < 4.78 is 0. The van der Waals surface area contributed by atoms with Gasteiger partial charge in [-0.05, 0) is 24.1 Å². The first-order valence-electron chi connectivity index (χ1n) is 10.3. The highest BCUT2D eigenvalue weighted by atomic mass is 16.2. The van der Waals surface area contributed by atoms with E-state index in [4.69, 9.17) is 0 Å². The van der Waals surface area contributed by atoms with Gasteiger partial charge in [0.15, 0.2) is 0 Å². The number of amides is 2. The van der Waals surface area contributed by atoms with Gasteiger partial charge in [0.2, 0.25) is 11.8 Å². The third-order valence-electron chi connectivity index (χ3n) is 5.87. The summed E-state index contributed by atoms with van der Waals surface area (Å²) in [5.74, 6) is 0.00254. The molecule has 3 heterocycles. The van der Waals surface area contributed by atoms with Crippen LogP contribution in [0.4, 0.5) is 0 Å². The molecule has 1 unspecified atom stereocenters. The standard InChI is InChI=1S/C23H28N4O2/c1-18-4-6-19(7-5-18)16-27-17-21(13-22(27)28)23(29)26-11-9-25(10-12-26)15-20-3-2-8-24-14-20/h2-8,14,21H,9-13,15-17H2,1H3. The van der Waals surface area contributed by atoms with Crippen LogP contribution in [-0.2, 0) is 22.7 Å². The Morgan fingerprint density at radius 1 is 1.03 bits per heavy atom. The molecule has 0 aliphatic carbocycles. The number of piperazine rings is 1. The fraction of sp³-hybridized carbons (Fsp3) is 0.435. The number of hydrogen-bond donors (Lipinski definition) is 0. The first-order valence-corrected chi connectivity index (χ1v) is 10.3. The SMILES string of the molecule is Cc1ccc(CN2CC(C(=O)N3CCN(Cc4cccnc4)CC3)CC2=O)cc1. The van der Waals surface area contributed by atoms with Crippen molar-refractivity contribution in [3.05, 3.63) is 65.5 Å². The lowest BCUT2D eigenvalue weighted by Crippen LogP contribution is -2.50. The first-order chi connectivity index (χ1) is 14.1. The smallest absolute Gasteiger partial charge is 0.228 e. The van der Waals surface area contributed by atoms with E-state index in [9.17, 15) is 9.59 Å². The Balaban J connectivity index is 1.28. The van der Waals surface area contributed by atoms with Gasteiger partial charge in [0.25, 0.3) is 0 Å². The molecule has 6 nitrogen and oxygen atoms in total. The van der Waals surface area contributed by atoms with Crippen LogP contribution in [0.3, 0.4) is 0 Å². The second-order valence-corrected chi connectivity index (χ2v) is 8.12. The number of nitrogens with zero attached hydrogens (tertiary/aromatic N) is 4. The van der Waals surface area contributed by atoms with Gasteiger partial charge in [-0.25, -0.2) is 0 Å². The van der Waals surface area contributed by atoms with Crippen molar-refractivity contribution in [1.82, 2.24) is 19.7 Å². The van der Waals surface area contributed by atoms with Crippen LogP contribution in [0.5, 0.6) is 0 Å². The molecule has 1 aromatic carbocycles. The zero-order chi connectivity index (χ0) is 20.2. The van der Waals surface area contributed by atoms with Crippen molar-refractivity contribution in [3.8, 4) is 0 Å². The van der Waals surface area contributed by atoms with Gasteiger partial charge in [0.1, 0.15) is 0 Å². The first kappa shape index (κ1) is 19.6. The van der Waals surface area contributed by atoms with Crippen molar-refractivity contribution in [1.29, 1.82) is 0 Å². The number of carbonyl (C=O) groups excluding carboxylic acids is 2. The fourth-order valence-corrected chi connectivity index (χ4v) is 4.14. The van der Waals surface area contributed by atoms with E-state index in [1.165, 1.54) is 11.1 Å². The third kappa shape index (κ3) is 4.82. The van der Waals surface area contributed by atoms with Crippen LogP contribution in [0.15, 0.2) is 48.8 Å².